The number of hydrogen-bond acceptors (Lipinski definition) is 2. The van der Waals surface area contributed by atoms with Gasteiger partial charge in [-0.2, -0.15) is 0 Å². The zero-order valence-corrected chi connectivity index (χ0v) is 10.0. The van der Waals surface area contributed by atoms with Crippen LogP contribution in [0, 0.1) is 5.82 Å². The monoisotopic (exact) mass is 283 g/mol. The molecule has 1 unspecified atom stereocenters. The van der Waals surface area contributed by atoms with Gasteiger partial charge in [0.15, 0.2) is 0 Å². The number of benzene rings is 1. The largest absolute Gasteiger partial charge is 0.349 e. The fourth-order valence-electron chi connectivity index (χ4n) is 1.48. The first kappa shape index (κ1) is 11.3. The summed E-state index contributed by atoms with van der Waals surface area (Å²) in [7, 11) is 0. The summed E-state index contributed by atoms with van der Waals surface area (Å²) in [6.45, 7) is 0. The number of hydrogen-bond donors (Lipinski definition) is 2. The molecule has 1 heterocycles. The molecule has 2 rings (SSSR count). The van der Waals surface area contributed by atoms with Crippen molar-refractivity contribution in [3.8, 4) is 0 Å². The Labute approximate surface area is 101 Å². The van der Waals surface area contributed by atoms with Crippen LogP contribution in [-0.2, 0) is 6.42 Å². The summed E-state index contributed by atoms with van der Waals surface area (Å²) >= 11 is 3.14. The lowest BCUT2D eigenvalue weighted by molar-refractivity contribution is 0.616. The molecule has 0 bridgehead atoms. The van der Waals surface area contributed by atoms with Crippen LogP contribution < -0.4 is 5.73 Å². The van der Waals surface area contributed by atoms with Crippen LogP contribution in [0.2, 0.25) is 0 Å². The average molecular weight is 284 g/mol. The molecule has 84 valence electrons. The second-order valence-electron chi connectivity index (χ2n) is 3.52. The quantitative estimate of drug-likeness (QED) is 0.910. The SMILES string of the molecule is NC(Cc1ncc[nH]1)c1ccc(F)c(Br)c1. The highest BCUT2D eigenvalue weighted by Crippen LogP contribution is 2.21. The number of nitrogens with two attached hydrogens (primary N) is 1. The predicted octanol–water partition coefficient (Wildman–Crippen LogP) is 2.55. The third-order valence-electron chi connectivity index (χ3n) is 2.34. The van der Waals surface area contributed by atoms with E-state index in [-0.39, 0.29) is 11.9 Å². The molecule has 3 N–H and O–H groups in total. The third-order valence-corrected chi connectivity index (χ3v) is 2.95. The first-order valence-electron chi connectivity index (χ1n) is 4.85. The van der Waals surface area contributed by atoms with Crippen LogP contribution >= 0.6 is 15.9 Å². The highest BCUT2D eigenvalue weighted by Gasteiger charge is 2.10. The van der Waals surface area contributed by atoms with E-state index in [0.717, 1.165) is 11.4 Å². The normalized spacial score (nSPS) is 12.7. The third kappa shape index (κ3) is 2.48. The van der Waals surface area contributed by atoms with Crippen molar-refractivity contribution < 1.29 is 4.39 Å². The van der Waals surface area contributed by atoms with Crippen LogP contribution in [0.4, 0.5) is 4.39 Å². The van der Waals surface area contributed by atoms with Crippen LogP contribution in [0.5, 0.6) is 0 Å². The molecule has 0 saturated carbocycles. The Bertz CT molecular complexity index is 470. The van der Waals surface area contributed by atoms with E-state index < -0.39 is 0 Å². The second-order valence-corrected chi connectivity index (χ2v) is 4.37. The summed E-state index contributed by atoms with van der Waals surface area (Å²) in [5, 5.41) is 0. The molecule has 0 radical (unpaired) electrons. The number of imidazole rings is 1. The summed E-state index contributed by atoms with van der Waals surface area (Å²) in [5.41, 5.74) is 6.88. The molecule has 3 nitrogen and oxygen atoms in total. The van der Waals surface area contributed by atoms with Crippen LogP contribution in [0.25, 0.3) is 0 Å². The minimum absolute atomic E-state index is 0.192. The van der Waals surface area contributed by atoms with Crippen molar-refractivity contribution in [2.24, 2.45) is 5.73 Å². The van der Waals surface area contributed by atoms with Gasteiger partial charge in [0.2, 0.25) is 0 Å². The molecular weight excluding hydrogens is 273 g/mol. The number of halogens is 2. The molecule has 16 heavy (non-hydrogen) atoms. The topological polar surface area (TPSA) is 54.7 Å². The van der Waals surface area contributed by atoms with Crippen LogP contribution in [0.15, 0.2) is 35.1 Å². The molecule has 0 aliphatic heterocycles. The maximum absolute atomic E-state index is 13.0. The molecular formula is C11H11BrFN3. The van der Waals surface area contributed by atoms with Crippen LogP contribution in [-0.4, -0.2) is 9.97 Å². The van der Waals surface area contributed by atoms with Gasteiger partial charge in [-0.25, -0.2) is 9.37 Å². The van der Waals surface area contributed by atoms with Gasteiger partial charge in [-0.3, -0.25) is 0 Å². The number of H-pyrrole nitrogens is 1. The fourth-order valence-corrected chi connectivity index (χ4v) is 1.88. The number of rotatable bonds is 3. The van der Waals surface area contributed by atoms with Crippen LogP contribution in [0.3, 0.4) is 0 Å². The Kier molecular flexibility index (Phi) is 3.36. The van der Waals surface area contributed by atoms with Crippen molar-refractivity contribution in [2.75, 3.05) is 0 Å². The highest BCUT2D eigenvalue weighted by molar-refractivity contribution is 9.10. The van der Waals surface area contributed by atoms with Gasteiger partial charge < -0.3 is 10.7 Å². The van der Waals surface area contributed by atoms with Crippen molar-refractivity contribution in [1.82, 2.24) is 9.97 Å². The Morgan fingerprint density at radius 2 is 2.31 bits per heavy atom. The Morgan fingerprint density at radius 3 is 2.94 bits per heavy atom. The first-order valence-corrected chi connectivity index (χ1v) is 5.65. The van der Waals surface area contributed by atoms with Crippen LogP contribution in [0.1, 0.15) is 17.4 Å². The van der Waals surface area contributed by atoms with Gasteiger partial charge in [0.1, 0.15) is 11.6 Å². The van der Waals surface area contributed by atoms with E-state index >= 15 is 0 Å². The summed E-state index contributed by atoms with van der Waals surface area (Å²) in [6, 6.07) is 4.60. The molecule has 0 amide bonds. The number of aromatic nitrogens is 2. The highest BCUT2D eigenvalue weighted by atomic mass is 79.9. The molecule has 0 saturated heterocycles. The summed E-state index contributed by atoms with van der Waals surface area (Å²) in [4.78, 5) is 7.09. The van der Waals surface area contributed by atoms with Gasteiger partial charge in [0.25, 0.3) is 0 Å². The van der Waals surface area contributed by atoms with Crippen molar-refractivity contribution in [3.63, 3.8) is 0 Å². The van der Waals surface area contributed by atoms with Crippen molar-refractivity contribution in [2.45, 2.75) is 12.5 Å². The average Bonchev–Trinajstić information content (AvgIpc) is 2.74. The first-order chi connectivity index (χ1) is 7.66. The van der Waals surface area contributed by atoms with Gasteiger partial charge in [-0.1, -0.05) is 6.07 Å². The Balaban J connectivity index is 2.14. The van der Waals surface area contributed by atoms with E-state index in [9.17, 15) is 4.39 Å². The van der Waals surface area contributed by atoms with Gasteiger partial charge >= 0.3 is 0 Å². The van der Waals surface area contributed by atoms with E-state index in [2.05, 4.69) is 25.9 Å². The van der Waals surface area contributed by atoms with E-state index in [4.69, 9.17) is 5.73 Å². The zero-order chi connectivity index (χ0) is 11.5. The van der Waals surface area contributed by atoms with E-state index in [0.29, 0.717) is 10.9 Å². The number of nitrogens with zero attached hydrogens (tertiary/aromatic N) is 1. The molecule has 1 atom stereocenters. The van der Waals surface area contributed by atoms with Gasteiger partial charge in [-0.15, -0.1) is 0 Å². The van der Waals surface area contributed by atoms with Gasteiger partial charge in [0, 0.05) is 24.9 Å². The molecule has 0 fully saturated rings. The van der Waals surface area contributed by atoms with E-state index in [1.807, 2.05) is 0 Å². The van der Waals surface area contributed by atoms with E-state index in [1.165, 1.54) is 6.07 Å². The van der Waals surface area contributed by atoms with Gasteiger partial charge in [-0.05, 0) is 33.6 Å². The van der Waals surface area contributed by atoms with Crippen molar-refractivity contribution in [1.29, 1.82) is 0 Å². The van der Waals surface area contributed by atoms with E-state index in [1.54, 1.807) is 24.5 Å². The zero-order valence-electron chi connectivity index (χ0n) is 8.45. The van der Waals surface area contributed by atoms with Gasteiger partial charge in [0.05, 0.1) is 4.47 Å². The molecule has 0 aliphatic rings. The standard InChI is InChI=1S/C11H11BrFN3/c12-8-5-7(1-2-9(8)13)10(14)6-11-15-3-4-16-11/h1-5,10H,6,14H2,(H,15,16). The lowest BCUT2D eigenvalue weighted by Crippen LogP contribution is -2.14. The molecule has 1 aromatic heterocycles. The molecule has 1 aromatic carbocycles. The maximum atomic E-state index is 13.0. The number of nitrogens with one attached hydrogen (secondary N) is 1. The lowest BCUT2D eigenvalue weighted by Gasteiger charge is -2.11. The second kappa shape index (κ2) is 4.76. The minimum atomic E-state index is -0.283. The molecule has 0 aliphatic carbocycles. The molecule has 0 spiro atoms. The smallest absolute Gasteiger partial charge is 0.137 e. The number of aromatic amines is 1. The summed E-state index contributed by atoms with van der Waals surface area (Å²) in [5.74, 6) is 0.543. The summed E-state index contributed by atoms with van der Waals surface area (Å²) < 4.78 is 13.5. The predicted molar refractivity (Wildman–Crippen MR) is 63.3 cm³/mol. The summed E-state index contributed by atoms with van der Waals surface area (Å²) in [6.07, 6.45) is 4.04. The lowest BCUT2D eigenvalue weighted by atomic mass is 10.0. The minimum Gasteiger partial charge on any atom is -0.349 e. The van der Waals surface area contributed by atoms with Crippen molar-refractivity contribution in [3.05, 3.63) is 52.3 Å². The van der Waals surface area contributed by atoms with Crippen molar-refractivity contribution >= 4 is 15.9 Å². The molecule has 2 aromatic rings. The fraction of sp³-hybridized carbons (Fsp3) is 0.182. The Morgan fingerprint density at radius 1 is 1.50 bits per heavy atom. The Hall–Kier alpha value is -1.20. The maximum Gasteiger partial charge on any atom is 0.137 e. The molecule has 5 heteroatoms.